The lowest BCUT2D eigenvalue weighted by molar-refractivity contribution is -0.133. The first-order valence-corrected chi connectivity index (χ1v) is 12.9. The summed E-state index contributed by atoms with van der Waals surface area (Å²) in [6, 6.07) is 1.96. The summed E-state index contributed by atoms with van der Waals surface area (Å²) in [5.74, 6) is 4.35. The Morgan fingerprint density at radius 3 is 2.78 bits per heavy atom. The van der Waals surface area contributed by atoms with E-state index in [1.54, 1.807) is 6.20 Å². The molecule has 2 aromatic heterocycles. The predicted octanol–water partition coefficient (Wildman–Crippen LogP) is 5.02. The molecule has 5 heteroatoms. The Labute approximate surface area is 191 Å². The second-order valence-corrected chi connectivity index (χ2v) is 12.1. The third kappa shape index (κ3) is 3.18. The second kappa shape index (κ2) is 7.38. The van der Waals surface area contributed by atoms with Gasteiger partial charge in [-0.3, -0.25) is 14.5 Å². The third-order valence-electron chi connectivity index (χ3n) is 10.4. The van der Waals surface area contributed by atoms with E-state index >= 15 is 0 Å². The van der Waals surface area contributed by atoms with Crippen molar-refractivity contribution in [1.82, 2.24) is 14.8 Å². The number of carbonyl (C=O) groups excluding carboxylic acids is 1. The summed E-state index contributed by atoms with van der Waals surface area (Å²) < 4.78 is 1.88. The Morgan fingerprint density at radius 1 is 1.06 bits per heavy atom. The highest BCUT2D eigenvalue weighted by molar-refractivity contribution is 5.84. The Morgan fingerprint density at radius 2 is 1.91 bits per heavy atom. The van der Waals surface area contributed by atoms with E-state index in [4.69, 9.17) is 0 Å². The molecule has 4 fully saturated rings. The number of hydrogen-bond acceptors (Lipinski definition) is 4. The number of Topliss-reactive ketones (excluding diaryl/α,β-unsaturated/α-hetero) is 1. The number of carbonyl (C=O) groups is 1. The lowest BCUT2D eigenvalue weighted by atomic mass is 9.49. The van der Waals surface area contributed by atoms with Gasteiger partial charge < -0.3 is 5.11 Å². The SMILES string of the molecule is C[C@@]1(O)CC[C@H]2[C@H](CC[C@@H]3[C@@H]2CC[C@]2(C)[C@@H](C(=O)Cn4ncc5cnccc54)CC[C@@H]32)C1. The monoisotopic (exact) mass is 435 g/mol. The lowest BCUT2D eigenvalue weighted by Crippen LogP contribution is -2.51. The van der Waals surface area contributed by atoms with E-state index in [2.05, 4.69) is 17.0 Å². The summed E-state index contributed by atoms with van der Waals surface area (Å²) in [5.41, 5.74) is 0.702. The Balaban J connectivity index is 1.20. The van der Waals surface area contributed by atoms with Crippen LogP contribution < -0.4 is 0 Å². The van der Waals surface area contributed by atoms with Crippen LogP contribution in [0.25, 0.3) is 10.9 Å². The van der Waals surface area contributed by atoms with Crippen molar-refractivity contribution in [3.05, 3.63) is 24.7 Å². The van der Waals surface area contributed by atoms with Crippen molar-refractivity contribution in [2.45, 2.75) is 83.8 Å². The van der Waals surface area contributed by atoms with E-state index < -0.39 is 5.60 Å². The molecular formula is C27H37N3O2. The second-order valence-electron chi connectivity index (χ2n) is 12.1. The van der Waals surface area contributed by atoms with Gasteiger partial charge in [-0.15, -0.1) is 0 Å². The molecule has 4 aliphatic carbocycles. The molecule has 172 valence electrons. The predicted molar refractivity (Wildman–Crippen MR) is 124 cm³/mol. The molecule has 0 aromatic carbocycles. The van der Waals surface area contributed by atoms with E-state index in [1.807, 2.05) is 30.1 Å². The van der Waals surface area contributed by atoms with Crippen LogP contribution in [0.15, 0.2) is 24.7 Å². The number of hydrogen-bond donors (Lipinski definition) is 1. The molecule has 32 heavy (non-hydrogen) atoms. The van der Waals surface area contributed by atoms with Gasteiger partial charge in [0.1, 0.15) is 6.54 Å². The first-order valence-electron chi connectivity index (χ1n) is 12.9. The molecule has 0 spiro atoms. The zero-order valence-corrected chi connectivity index (χ0v) is 19.5. The largest absolute Gasteiger partial charge is 0.390 e. The standard InChI is InChI=1S/C27H37N3O2/c1-26(32)10-7-19-17(13-26)3-4-21-20(19)8-11-27(2)22(21)5-6-23(27)25(31)16-30-24-9-12-28-14-18(24)15-29-30/h9,12,14-15,17,19-23,32H,3-8,10-11,13,16H2,1-2H3/t17-,19+,20-,21-,22+,23-,26-,27+/m1/s1. The number of rotatable bonds is 3. The summed E-state index contributed by atoms with van der Waals surface area (Å²) in [4.78, 5) is 17.7. The Hall–Kier alpha value is -1.75. The molecule has 0 unspecified atom stereocenters. The minimum atomic E-state index is -0.450. The number of ketones is 1. The normalized spacial score (nSPS) is 43.5. The van der Waals surface area contributed by atoms with Crippen molar-refractivity contribution in [2.24, 2.45) is 40.9 Å². The fraction of sp³-hybridized carbons (Fsp3) is 0.741. The molecular weight excluding hydrogens is 398 g/mol. The maximum Gasteiger partial charge on any atom is 0.157 e. The minimum Gasteiger partial charge on any atom is -0.390 e. The van der Waals surface area contributed by atoms with Gasteiger partial charge >= 0.3 is 0 Å². The van der Waals surface area contributed by atoms with Gasteiger partial charge in [0.15, 0.2) is 5.78 Å². The molecule has 0 amide bonds. The van der Waals surface area contributed by atoms with Crippen LogP contribution in [0.4, 0.5) is 0 Å². The third-order valence-corrected chi connectivity index (χ3v) is 10.4. The van der Waals surface area contributed by atoms with Crippen molar-refractivity contribution in [2.75, 3.05) is 0 Å². The molecule has 6 rings (SSSR count). The number of aliphatic hydroxyl groups is 1. The molecule has 4 aliphatic rings. The quantitative estimate of drug-likeness (QED) is 0.735. The zero-order chi connectivity index (χ0) is 22.1. The van der Waals surface area contributed by atoms with Crippen LogP contribution >= 0.6 is 0 Å². The number of pyridine rings is 1. The van der Waals surface area contributed by atoms with Gasteiger partial charge in [0.05, 0.1) is 17.3 Å². The van der Waals surface area contributed by atoms with Gasteiger partial charge in [0, 0.05) is 23.7 Å². The van der Waals surface area contributed by atoms with Crippen molar-refractivity contribution < 1.29 is 9.90 Å². The van der Waals surface area contributed by atoms with Crippen LogP contribution in [0.2, 0.25) is 0 Å². The molecule has 0 saturated heterocycles. The van der Waals surface area contributed by atoms with Crippen LogP contribution in [0.5, 0.6) is 0 Å². The summed E-state index contributed by atoms with van der Waals surface area (Å²) in [5, 5.41) is 16.1. The smallest absolute Gasteiger partial charge is 0.157 e. The molecule has 1 N–H and O–H groups in total. The fourth-order valence-corrected chi connectivity index (χ4v) is 8.92. The molecule has 0 radical (unpaired) electrons. The van der Waals surface area contributed by atoms with E-state index in [1.165, 1.54) is 38.5 Å². The fourth-order valence-electron chi connectivity index (χ4n) is 8.92. The minimum absolute atomic E-state index is 0.149. The first kappa shape index (κ1) is 20.8. The van der Waals surface area contributed by atoms with E-state index in [0.717, 1.165) is 47.9 Å². The maximum atomic E-state index is 13.6. The molecule has 8 atom stereocenters. The highest BCUT2D eigenvalue weighted by atomic mass is 16.3. The van der Waals surface area contributed by atoms with Crippen LogP contribution in [-0.4, -0.2) is 31.3 Å². The van der Waals surface area contributed by atoms with Crippen molar-refractivity contribution >= 4 is 16.7 Å². The van der Waals surface area contributed by atoms with Crippen LogP contribution in [0, 0.1) is 40.9 Å². The van der Waals surface area contributed by atoms with E-state index in [0.29, 0.717) is 24.2 Å². The Bertz CT molecular complexity index is 1030. The van der Waals surface area contributed by atoms with E-state index in [-0.39, 0.29) is 11.3 Å². The highest BCUT2D eigenvalue weighted by Gasteiger charge is 2.58. The van der Waals surface area contributed by atoms with Gasteiger partial charge in [0.25, 0.3) is 0 Å². The number of aromatic nitrogens is 3. The van der Waals surface area contributed by atoms with Crippen molar-refractivity contribution in [3.63, 3.8) is 0 Å². The first-order chi connectivity index (χ1) is 15.4. The summed E-state index contributed by atoms with van der Waals surface area (Å²) in [6.45, 7) is 4.86. The number of nitrogens with zero attached hydrogens (tertiary/aromatic N) is 3. The van der Waals surface area contributed by atoms with Crippen LogP contribution in [-0.2, 0) is 11.3 Å². The topological polar surface area (TPSA) is 68.0 Å². The number of fused-ring (bicyclic) bond motifs is 6. The lowest BCUT2D eigenvalue weighted by Gasteiger charge is -2.56. The molecule has 4 saturated carbocycles. The molecule has 2 aromatic rings. The average Bonchev–Trinajstić information content (AvgIpc) is 3.33. The highest BCUT2D eigenvalue weighted by Crippen LogP contribution is 2.64. The Kier molecular flexibility index (Phi) is 4.80. The van der Waals surface area contributed by atoms with Gasteiger partial charge in [-0.1, -0.05) is 6.92 Å². The van der Waals surface area contributed by atoms with Crippen molar-refractivity contribution in [1.29, 1.82) is 0 Å². The van der Waals surface area contributed by atoms with E-state index in [9.17, 15) is 9.90 Å². The van der Waals surface area contributed by atoms with Gasteiger partial charge in [-0.05, 0) is 106 Å². The molecule has 2 heterocycles. The van der Waals surface area contributed by atoms with Gasteiger partial charge in [-0.2, -0.15) is 5.10 Å². The van der Waals surface area contributed by atoms with Crippen LogP contribution in [0.3, 0.4) is 0 Å². The molecule has 0 aliphatic heterocycles. The average molecular weight is 436 g/mol. The molecule has 0 bridgehead atoms. The van der Waals surface area contributed by atoms with Gasteiger partial charge in [-0.25, -0.2) is 0 Å². The van der Waals surface area contributed by atoms with Gasteiger partial charge in [0.2, 0.25) is 0 Å². The van der Waals surface area contributed by atoms with Crippen LogP contribution in [0.1, 0.15) is 71.6 Å². The summed E-state index contributed by atoms with van der Waals surface area (Å²) in [6.07, 6.45) is 15.9. The maximum absolute atomic E-state index is 13.6. The summed E-state index contributed by atoms with van der Waals surface area (Å²) in [7, 11) is 0. The van der Waals surface area contributed by atoms with Crippen molar-refractivity contribution in [3.8, 4) is 0 Å². The molecule has 5 nitrogen and oxygen atoms in total. The summed E-state index contributed by atoms with van der Waals surface area (Å²) >= 11 is 0. The zero-order valence-electron chi connectivity index (χ0n) is 19.5.